The van der Waals surface area contributed by atoms with Crippen molar-refractivity contribution in [2.24, 2.45) is 0 Å². The highest BCUT2D eigenvalue weighted by Gasteiger charge is 2.25. The minimum absolute atomic E-state index is 0.170. The average Bonchev–Trinajstić information content (AvgIpc) is 2.62. The molecule has 0 aliphatic heterocycles. The van der Waals surface area contributed by atoms with Crippen molar-refractivity contribution in [1.82, 2.24) is 4.90 Å². The summed E-state index contributed by atoms with van der Waals surface area (Å²) in [6.45, 7) is 4.68. The van der Waals surface area contributed by atoms with E-state index in [9.17, 15) is 9.36 Å². The molecule has 0 aliphatic carbocycles. The van der Waals surface area contributed by atoms with Crippen molar-refractivity contribution in [3.8, 4) is 0 Å². The third kappa shape index (κ3) is 14.8. The van der Waals surface area contributed by atoms with Crippen molar-refractivity contribution < 1.29 is 18.4 Å². The first kappa shape index (κ1) is 25.6. The summed E-state index contributed by atoms with van der Waals surface area (Å²) >= 11 is 0. The van der Waals surface area contributed by atoms with Gasteiger partial charge in [0.25, 0.3) is 0 Å². The van der Waals surface area contributed by atoms with E-state index in [-0.39, 0.29) is 12.5 Å². The first-order valence-electron chi connectivity index (χ1n) is 10.5. The van der Waals surface area contributed by atoms with Crippen molar-refractivity contribution in [2.75, 3.05) is 33.5 Å². The van der Waals surface area contributed by atoms with E-state index in [1.54, 1.807) is 14.1 Å². The van der Waals surface area contributed by atoms with Gasteiger partial charge in [-0.1, -0.05) is 78.1 Å². The SMILES string of the molecule is CCCCCCCCOP(=O)(CCCCCCCC)OCC(=O)N(C)C. The quantitative estimate of drug-likeness (QED) is 0.212. The standard InChI is InChI=1S/C20H42NO4P/c1-5-7-9-11-13-15-17-24-26(23,25-19-20(22)21(3)4)18-16-14-12-10-8-6-2/h5-19H2,1-4H3. The summed E-state index contributed by atoms with van der Waals surface area (Å²) < 4.78 is 24.1. The van der Waals surface area contributed by atoms with Gasteiger partial charge in [0.1, 0.15) is 6.61 Å². The van der Waals surface area contributed by atoms with Crippen LogP contribution < -0.4 is 0 Å². The molecular weight excluding hydrogens is 349 g/mol. The molecule has 0 saturated heterocycles. The molecule has 0 bridgehead atoms. The lowest BCUT2D eigenvalue weighted by Crippen LogP contribution is -2.26. The van der Waals surface area contributed by atoms with Gasteiger partial charge < -0.3 is 9.42 Å². The Morgan fingerprint density at radius 3 is 1.81 bits per heavy atom. The molecule has 0 saturated carbocycles. The third-order valence-corrected chi connectivity index (χ3v) is 6.42. The van der Waals surface area contributed by atoms with Gasteiger partial charge in [-0.25, -0.2) is 0 Å². The number of hydrogen-bond donors (Lipinski definition) is 0. The second-order valence-corrected chi connectivity index (χ2v) is 9.45. The van der Waals surface area contributed by atoms with Crippen LogP contribution in [0.15, 0.2) is 0 Å². The molecule has 0 heterocycles. The summed E-state index contributed by atoms with van der Waals surface area (Å²) in [7, 11) is 0.159. The van der Waals surface area contributed by atoms with Crippen molar-refractivity contribution in [1.29, 1.82) is 0 Å². The fraction of sp³-hybridized carbons (Fsp3) is 0.950. The van der Waals surface area contributed by atoms with Gasteiger partial charge in [0.05, 0.1) is 12.8 Å². The summed E-state index contributed by atoms with van der Waals surface area (Å²) in [6, 6.07) is 0. The lowest BCUT2D eigenvalue weighted by molar-refractivity contribution is -0.131. The highest BCUT2D eigenvalue weighted by Crippen LogP contribution is 2.49. The van der Waals surface area contributed by atoms with Gasteiger partial charge in [-0.3, -0.25) is 13.9 Å². The monoisotopic (exact) mass is 391 g/mol. The van der Waals surface area contributed by atoms with Gasteiger partial charge in [0, 0.05) is 14.1 Å². The predicted octanol–water partition coefficient (Wildman–Crippen LogP) is 6.02. The fourth-order valence-electron chi connectivity index (χ4n) is 2.62. The second kappa shape index (κ2) is 16.8. The maximum Gasteiger partial charge on any atom is 0.331 e. The molecule has 0 aromatic rings. The summed E-state index contributed by atoms with van der Waals surface area (Å²) in [5.41, 5.74) is 0. The predicted molar refractivity (Wildman–Crippen MR) is 110 cm³/mol. The molecular formula is C20H42NO4P. The lowest BCUT2D eigenvalue weighted by Gasteiger charge is -2.19. The van der Waals surface area contributed by atoms with Crippen LogP contribution in [0, 0.1) is 0 Å². The van der Waals surface area contributed by atoms with E-state index in [1.807, 2.05) is 0 Å². The molecule has 0 aromatic carbocycles. The molecule has 0 aromatic heterocycles. The number of likely N-dealkylation sites (N-methyl/N-ethyl adjacent to an activating group) is 1. The Hall–Kier alpha value is -0.380. The molecule has 0 aliphatic rings. The highest BCUT2D eigenvalue weighted by atomic mass is 31.2. The molecule has 1 amide bonds. The van der Waals surface area contributed by atoms with Gasteiger partial charge in [-0.2, -0.15) is 0 Å². The van der Waals surface area contributed by atoms with E-state index in [0.717, 1.165) is 32.1 Å². The lowest BCUT2D eigenvalue weighted by atomic mass is 10.1. The molecule has 0 radical (unpaired) electrons. The van der Waals surface area contributed by atoms with Crippen molar-refractivity contribution in [3.05, 3.63) is 0 Å². The van der Waals surface area contributed by atoms with Crippen LogP contribution in [-0.4, -0.2) is 44.3 Å². The zero-order chi connectivity index (χ0) is 19.7. The van der Waals surface area contributed by atoms with E-state index in [1.165, 1.54) is 49.8 Å². The van der Waals surface area contributed by atoms with Crippen LogP contribution in [0.3, 0.4) is 0 Å². The molecule has 1 atom stereocenters. The second-order valence-electron chi connectivity index (χ2n) is 7.26. The van der Waals surface area contributed by atoms with Gasteiger partial charge >= 0.3 is 7.60 Å². The zero-order valence-electron chi connectivity index (χ0n) is 17.6. The summed E-state index contributed by atoms with van der Waals surface area (Å²) in [5, 5.41) is 0. The van der Waals surface area contributed by atoms with Crippen LogP contribution in [0.25, 0.3) is 0 Å². The third-order valence-electron chi connectivity index (χ3n) is 4.45. The molecule has 1 unspecified atom stereocenters. The van der Waals surface area contributed by atoms with E-state index in [4.69, 9.17) is 9.05 Å². The van der Waals surface area contributed by atoms with E-state index >= 15 is 0 Å². The van der Waals surface area contributed by atoms with Crippen LogP contribution >= 0.6 is 7.60 Å². The zero-order valence-corrected chi connectivity index (χ0v) is 18.5. The highest BCUT2D eigenvalue weighted by molar-refractivity contribution is 7.53. The summed E-state index contributed by atoms with van der Waals surface area (Å²) in [6.07, 6.45) is 14.1. The topological polar surface area (TPSA) is 55.8 Å². The Labute approximate surface area is 161 Å². The molecule has 26 heavy (non-hydrogen) atoms. The molecule has 0 spiro atoms. The fourth-order valence-corrected chi connectivity index (χ4v) is 4.28. The van der Waals surface area contributed by atoms with Crippen molar-refractivity contribution in [2.45, 2.75) is 90.9 Å². The number of amides is 1. The van der Waals surface area contributed by atoms with Crippen LogP contribution in [0.1, 0.15) is 90.9 Å². The van der Waals surface area contributed by atoms with Crippen LogP contribution in [0.5, 0.6) is 0 Å². The van der Waals surface area contributed by atoms with Gasteiger partial charge in [-0.05, 0) is 12.8 Å². The van der Waals surface area contributed by atoms with Gasteiger partial charge in [-0.15, -0.1) is 0 Å². The van der Waals surface area contributed by atoms with Crippen LogP contribution in [0.2, 0.25) is 0 Å². The maximum absolute atomic E-state index is 12.9. The Bertz CT molecular complexity index is 388. The first-order valence-corrected chi connectivity index (χ1v) is 12.3. The largest absolute Gasteiger partial charge is 0.347 e. The van der Waals surface area contributed by atoms with Crippen molar-refractivity contribution in [3.63, 3.8) is 0 Å². The minimum atomic E-state index is -3.18. The Morgan fingerprint density at radius 1 is 0.769 bits per heavy atom. The molecule has 6 heteroatoms. The number of carbonyl (C=O) groups excluding carboxylic acids is 1. The maximum atomic E-state index is 12.9. The van der Waals surface area contributed by atoms with Gasteiger partial charge in [0.15, 0.2) is 0 Å². The smallest absolute Gasteiger partial charge is 0.331 e. The summed E-state index contributed by atoms with van der Waals surface area (Å²) in [4.78, 5) is 13.2. The Morgan fingerprint density at radius 2 is 1.27 bits per heavy atom. The number of carbonyl (C=O) groups is 1. The number of rotatable bonds is 18. The molecule has 5 nitrogen and oxygen atoms in total. The normalized spacial score (nSPS) is 13.5. The number of unbranched alkanes of at least 4 members (excludes halogenated alkanes) is 10. The van der Waals surface area contributed by atoms with Crippen LogP contribution in [0.4, 0.5) is 0 Å². The molecule has 0 fully saturated rings. The molecule has 156 valence electrons. The number of nitrogens with zero attached hydrogens (tertiary/aromatic N) is 1. The van der Waals surface area contributed by atoms with Crippen molar-refractivity contribution >= 4 is 13.5 Å². The number of hydrogen-bond acceptors (Lipinski definition) is 4. The Kier molecular flexibility index (Phi) is 16.5. The molecule has 0 rings (SSSR count). The van der Waals surface area contributed by atoms with Gasteiger partial charge in [0.2, 0.25) is 5.91 Å². The van der Waals surface area contributed by atoms with Crippen LogP contribution in [-0.2, 0) is 18.4 Å². The average molecular weight is 392 g/mol. The van der Waals surface area contributed by atoms with E-state index in [2.05, 4.69) is 13.8 Å². The molecule has 0 N–H and O–H groups in total. The van der Waals surface area contributed by atoms with E-state index in [0.29, 0.717) is 12.8 Å². The first-order chi connectivity index (χ1) is 12.4. The minimum Gasteiger partial charge on any atom is -0.347 e. The Balaban J connectivity index is 4.21. The van der Waals surface area contributed by atoms with E-state index < -0.39 is 7.60 Å². The summed E-state index contributed by atoms with van der Waals surface area (Å²) in [5.74, 6) is -0.184.